The van der Waals surface area contributed by atoms with E-state index >= 15 is 0 Å². The van der Waals surface area contributed by atoms with E-state index in [1.54, 1.807) is 0 Å². The van der Waals surface area contributed by atoms with Crippen LogP contribution in [0.1, 0.15) is 0 Å². The number of sulfonamides is 2. The second-order valence-electron chi connectivity index (χ2n) is 3.17. The van der Waals surface area contributed by atoms with E-state index in [9.17, 15) is 16.8 Å². The summed E-state index contributed by atoms with van der Waals surface area (Å²) in [6.07, 6.45) is 0. The van der Waals surface area contributed by atoms with Gasteiger partial charge in [-0.3, -0.25) is 0 Å². The number of anilines is 1. The van der Waals surface area contributed by atoms with Gasteiger partial charge in [0.15, 0.2) is 5.15 Å². The van der Waals surface area contributed by atoms with Gasteiger partial charge in [-0.15, -0.1) is 0 Å². The van der Waals surface area contributed by atoms with Crippen molar-refractivity contribution < 1.29 is 16.8 Å². The Bertz CT molecular complexity index is 684. The molecule has 94 valence electrons. The molecule has 8 nitrogen and oxygen atoms in total. The lowest BCUT2D eigenvalue weighted by molar-refractivity contribution is 0.580. The molecule has 0 saturated heterocycles. The predicted octanol–water partition coefficient (Wildman–Crippen LogP) is -0.956. The van der Waals surface area contributed by atoms with Crippen LogP contribution in [0, 0.1) is 0 Å². The van der Waals surface area contributed by atoms with E-state index in [4.69, 9.17) is 16.7 Å². The fourth-order valence-electron chi connectivity index (χ4n) is 1.28. The molecule has 1 aromatic heterocycles. The van der Waals surface area contributed by atoms with Gasteiger partial charge in [-0.05, 0) is 6.07 Å². The van der Waals surface area contributed by atoms with Crippen LogP contribution >= 0.6 is 11.6 Å². The molecule has 4 N–H and O–H groups in total. The van der Waals surface area contributed by atoms with Crippen molar-refractivity contribution in [2.75, 3.05) is 12.0 Å². The highest BCUT2D eigenvalue weighted by Crippen LogP contribution is 2.28. The van der Waals surface area contributed by atoms with Gasteiger partial charge in [0.2, 0.25) is 20.0 Å². The number of nitrogens with one attached hydrogen (secondary N) is 2. The Balaban J connectivity index is 2.79. The maximum Gasteiger partial charge on any atom is 0.245 e. The Morgan fingerprint density at radius 2 is 2.12 bits per heavy atom. The lowest BCUT2D eigenvalue weighted by atomic mass is 10.4. The Morgan fingerprint density at radius 3 is 2.71 bits per heavy atom. The van der Waals surface area contributed by atoms with Crippen LogP contribution in [0.3, 0.4) is 0 Å². The summed E-state index contributed by atoms with van der Waals surface area (Å²) >= 11 is 5.61. The molecule has 0 saturated carbocycles. The molecule has 2 heterocycles. The van der Waals surface area contributed by atoms with Crippen molar-refractivity contribution in [1.82, 2.24) is 9.71 Å². The minimum absolute atomic E-state index is 0.0128. The van der Waals surface area contributed by atoms with Gasteiger partial charge in [-0.25, -0.2) is 27.0 Å². The Kier molecular flexibility index (Phi) is 2.78. The molecule has 0 radical (unpaired) electrons. The lowest BCUT2D eigenvalue weighted by Crippen LogP contribution is -2.35. The largest absolute Gasteiger partial charge is 0.355 e. The highest BCUT2D eigenvalue weighted by Gasteiger charge is 2.28. The van der Waals surface area contributed by atoms with Crippen molar-refractivity contribution in [2.24, 2.45) is 5.14 Å². The van der Waals surface area contributed by atoms with E-state index in [0.717, 1.165) is 6.07 Å². The molecule has 11 heteroatoms. The molecule has 1 aromatic rings. The van der Waals surface area contributed by atoms with Gasteiger partial charge in [0.05, 0.1) is 6.67 Å². The molecule has 1 aliphatic rings. The van der Waals surface area contributed by atoms with Crippen LogP contribution in [0.4, 0.5) is 5.82 Å². The summed E-state index contributed by atoms with van der Waals surface area (Å²) in [5.74, 6) is -0.0128. The first kappa shape index (κ1) is 12.5. The summed E-state index contributed by atoms with van der Waals surface area (Å²) in [6.45, 7) is -0.0482. The lowest BCUT2D eigenvalue weighted by Gasteiger charge is -2.19. The Hall–Kier alpha value is -0.940. The van der Waals surface area contributed by atoms with Crippen molar-refractivity contribution in [3.8, 4) is 0 Å². The monoisotopic (exact) mass is 298 g/mol. The smallest absolute Gasteiger partial charge is 0.245 e. The highest BCUT2D eigenvalue weighted by atomic mass is 35.5. The normalized spacial score (nSPS) is 18.2. The molecular formula is C6H7ClN4O4S2. The van der Waals surface area contributed by atoms with Gasteiger partial charge in [0.25, 0.3) is 0 Å². The van der Waals surface area contributed by atoms with Gasteiger partial charge in [-0.1, -0.05) is 11.6 Å². The number of hydrogen-bond donors (Lipinski definition) is 3. The first-order chi connectivity index (χ1) is 7.72. The third kappa shape index (κ3) is 2.21. The van der Waals surface area contributed by atoms with Crippen molar-refractivity contribution in [3.63, 3.8) is 0 Å². The number of nitrogens with two attached hydrogens (primary N) is 1. The first-order valence-electron chi connectivity index (χ1n) is 4.19. The van der Waals surface area contributed by atoms with E-state index in [2.05, 4.69) is 15.0 Å². The predicted molar refractivity (Wildman–Crippen MR) is 59.4 cm³/mol. The minimum atomic E-state index is -4.13. The molecule has 0 unspecified atom stereocenters. The zero-order valence-corrected chi connectivity index (χ0v) is 10.5. The molecule has 0 fully saturated rings. The molecular weight excluding hydrogens is 292 g/mol. The van der Waals surface area contributed by atoms with Crippen LogP contribution < -0.4 is 15.2 Å². The number of nitrogens with zero attached hydrogens (tertiary/aromatic N) is 1. The summed E-state index contributed by atoms with van der Waals surface area (Å²) in [4.78, 5) is 2.81. The summed E-state index contributed by atoms with van der Waals surface area (Å²) < 4.78 is 47.7. The van der Waals surface area contributed by atoms with E-state index in [0.29, 0.717) is 0 Å². The second-order valence-corrected chi connectivity index (χ2v) is 6.79. The Morgan fingerprint density at radius 1 is 1.47 bits per heavy atom. The third-order valence-electron chi connectivity index (χ3n) is 2.02. The van der Waals surface area contributed by atoms with Crippen molar-refractivity contribution in [3.05, 3.63) is 11.2 Å². The molecule has 1 aliphatic heterocycles. The average Bonchev–Trinajstić information content (AvgIpc) is 2.13. The molecule has 0 amide bonds. The zero-order chi connectivity index (χ0) is 12.8. The van der Waals surface area contributed by atoms with Crippen LogP contribution in [0.2, 0.25) is 5.15 Å². The summed E-state index contributed by atoms with van der Waals surface area (Å²) in [7, 11) is -7.93. The van der Waals surface area contributed by atoms with Gasteiger partial charge in [0.1, 0.15) is 15.6 Å². The zero-order valence-electron chi connectivity index (χ0n) is 8.14. The van der Waals surface area contributed by atoms with E-state index in [1.807, 2.05) is 0 Å². The van der Waals surface area contributed by atoms with Crippen molar-refractivity contribution in [1.29, 1.82) is 0 Å². The molecule has 0 aromatic carbocycles. The fraction of sp³-hybridized carbons (Fsp3) is 0.167. The quantitative estimate of drug-likeness (QED) is 0.572. The van der Waals surface area contributed by atoms with Gasteiger partial charge >= 0.3 is 0 Å². The van der Waals surface area contributed by atoms with Crippen LogP contribution in [-0.4, -0.2) is 28.5 Å². The third-order valence-corrected chi connectivity index (χ3v) is 4.76. The van der Waals surface area contributed by atoms with E-state index < -0.39 is 24.9 Å². The molecule has 2 rings (SSSR count). The first-order valence-corrected chi connectivity index (χ1v) is 7.59. The summed E-state index contributed by atoms with van der Waals surface area (Å²) in [5, 5.41) is 7.13. The maximum atomic E-state index is 11.6. The number of pyridine rings is 1. The molecule has 0 spiro atoms. The molecule has 0 aliphatic carbocycles. The van der Waals surface area contributed by atoms with Crippen LogP contribution in [-0.2, 0) is 20.0 Å². The average molecular weight is 299 g/mol. The Labute approximate surface area is 102 Å². The number of halogens is 1. The minimum Gasteiger partial charge on any atom is -0.355 e. The topological polar surface area (TPSA) is 131 Å². The second kappa shape index (κ2) is 3.78. The van der Waals surface area contributed by atoms with Gasteiger partial charge < -0.3 is 5.32 Å². The molecule has 0 bridgehead atoms. The number of hydrogen-bond acceptors (Lipinski definition) is 6. The van der Waals surface area contributed by atoms with Gasteiger partial charge in [-0.2, -0.15) is 4.72 Å². The van der Waals surface area contributed by atoms with Crippen LogP contribution in [0.5, 0.6) is 0 Å². The van der Waals surface area contributed by atoms with Gasteiger partial charge in [0, 0.05) is 0 Å². The number of aromatic nitrogens is 1. The number of fused-ring (bicyclic) bond motifs is 1. The summed E-state index contributed by atoms with van der Waals surface area (Å²) in [5.41, 5.74) is 0. The van der Waals surface area contributed by atoms with Crippen molar-refractivity contribution in [2.45, 2.75) is 9.79 Å². The summed E-state index contributed by atoms with van der Waals surface area (Å²) in [6, 6.07) is 0.870. The fourth-order valence-corrected chi connectivity index (χ4v) is 3.44. The van der Waals surface area contributed by atoms with Crippen LogP contribution in [0.25, 0.3) is 0 Å². The van der Waals surface area contributed by atoms with E-state index in [1.165, 1.54) is 0 Å². The number of primary sulfonamides is 1. The molecule has 0 atom stereocenters. The highest BCUT2D eigenvalue weighted by molar-refractivity contribution is 7.90. The van der Waals surface area contributed by atoms with Crippen LogP contribution in [0.15, 0.2) is 15.9 Å². The van der Waals surface area contributed by atoms with E-state index in [-0.39, 0.29) is 22.5 Å². The number of rotatable bonds is 1. The molecule has 17 heavy (non-hydrogen) atoms. The van der Waals surface area contributed by atoms with Crippen molar-refractivity contribution >= 4 is 37.5 Å². The SMILES string of the molecule is NS(=O)(=O)c1cc2c(nc1Cl)NCNS2(=O)=O. The maximum absolute atomic E-state index is 11.6. The standard InChI is InChI=1S/C6H7ClN4O4S2/c7-5-3(16(8,12)13)1-4-6(11-5)9-2-10-17(4,14)15/h1,10H,2H2,(H,9,11)(H2,8,12,13).